The molecule has 1 aliphatic heterocycles. The van der Waals surface area contributed by atoms with Crippen molar-refractivity contribution in [2.24, 2.45) is 0 Å². The molecule has 1 saturated heterocycles. The lowest BCUT2D eigenvalue weighted by Gasteiger charge is -2.26. The molecule has 0 bridgehead atoms. The highest BCUT2D eigenvalue weighted by molar-refractivity contribution is 5.80. The van der Waals surface area contributed by atoms with Crippen molar-refractivity contribution < 1.29 is 4.79 Å². The quantitative estimate of drug-likeness (QED) is 0.821. The molecule has 0 aromatic carbocycles. The number of nitrogens with one attached hydrogen (secondary N) is 1. The molecule has 1 amide bonds. The molecule has 0 unspecified atom stereocenters. The van der Waals surface area contributed by atoms with Crippen molar-refractivity contribution in [2.75, 3.05) is 30.7 Å². The van der Waals surface area contributed by atoms with E-state index >= 15 is 0 Å². The van der Waals surface area contributed by atoms with Crippen LogP contribution < -0.4 is 11.1 Å². The third kappa shape index (κ3) is 3.34. The number of carbonyl (C=O) groups is 1. The van der Waals surface area contributed by atoms with Gasteiger partial charge in [-0.1, -0.05) is 6.07 Å². The molecule has 0 saturated carbocycles. The van der Waals surface area contributed by atoms with Crippen LogP contribution in [0.3, 0.4) is 0 Å². The third-order valence-electron chi connectivity index (χ3n) is 2.90. The van der Waals surface area contributed by atoms with Crippen molar-refractivity contribution in [1.29, 1.82) is 0 Å². The Bertz CT molecular complexity index is 388. The van der Waals surface area contributed by atoms with Gasteiger partial charge in [0, 0.05) is 13.1 Å². The fraction of sp³-hybridized carbons (Fsp3) is 0.500. The van der Waals surface area contributed by atoms with Crippen LogP contribution in [0, 0.1) is 0 Å². The Morgan fingerprint density at radius 1 is 1.35 bits per heavy atom. The Morgan fingerprint density at radius 2 is 2.12 bits per heavy atom. The Morgan fingerprint density at radius 3 is 2.82 bits per heavy atom. The Labute approximate surface area is 101 Å². The van der Waals surface area contributed by atoms with Crippen molar-refractivity contribution >= 4 is 17.5 Å². The van der Waals surface area contributed by atoms with Crippen LogP contribution in [0.1, 0.15) is 19.3 Å². The molecule has 0 radical (unpaired) electrons. The molecule has 0 atom stereocenters. The van der Waals surface area contributed by atoms with Gasteiger partial charge >= 0.3 is 0 Å². The molecule has 1 aromatic heterocycles. The third-order valence-corrected chi connectivity index (χ3v) is 2.90. The van der Waals surface area contributed by atoms with Crippen LogP contribution in [-0.4, -0.2) is 35.4 Å². The van der Waals surface area contributed by atoms with E-state index in [9.17, 15) is 4.79 Å². The Kier molecular flexibility index (Phi) is 3.80. The SMILES string of the molecule is Nc1cccc(NCC(=O)N2CCCCC2)n1. The number of hydrogen-bond acceptors (Lipinski definition) is 4. The van der Waals surface area contributed by atoms with Crippen molar-refractivity contribution in [3.8, 4) is 0 Å². The molecule has 1 aromatic rings. The highest BCUT2D eigenvalue weighted by Crippen LogP contribution is 2.09. The van der Waals surface area contributed by atoms with Crippen molar-refractivity contribution in [3.05, 3.63) is 18.2 Å². The van der Waals surface area contributed by atoms with Gasteiger partial charge in [-0.15, -0.1) is 0 Å². The van der Waals surface area contributed by atoms with Crippen LogP contribution in [0.4, 0.5) is 11.6 Å². The minimum atomic E-state index is 0.133. The van der Waals surface area contributed by atoms with Crippen LogP contribution in [-0.2, 0) is 4.79 Å². The van der Waals surface area contributed by atoms with Crippen molar-refractivity contribution in [1.82, 2.24) is 9.88 Å². The number of carbonyl (C=O) groups excluding carboxylic acids is 1. The summed E-state index contributed by atoms with van der Waals surface area (Å²) in [6, 6.07) is 5.34. The second kappa shape index (κ2) is 5.52. The number of nitrogen functional groups attached to an aromatic ring is 1. The van der Waals surface area contributed by atoms with E-state index in [1.807, 2.05) is 11.0 Å². The molecule has 2 rings (SSSR count). The van der Waals surface area contributed by atoms with Gasteiger partial charge in [-0.2, -0.15) is 0 Å². The van der Waals surface area contributed by atoms with E-state index < -0.39 is 0 Å². The van der Waals surface area contributed by atoms with E-state index in [1.165, 1.54) is 6.42 Å². The summed E-state index contributed by atoms with van der Waals surface area (Å²) in [4.78, 5) is 17.9. The van der Waals surface area contributed by atoms with Gasteiger partial charge in [0.25, 0.3) is 0 Å². The van der Waals surface area contributed by atoms with Gasteiger partial charge in [-0.25, -0.2) is 4.98 Å². The van der Waals surface area contributed by atoms with Gasteiger partial charge in [0.1, 0.15) is 11.6 Å². The number of nitrogens with zero attached hydrogens (tertiary/aromatic N) is 2. The zero-order valence-corrected chi connectivity index (χ0v) is 9.85. The lowest BCUT2D eigenvalue weighted by molar-refractivity contribution is -0.130. The number of pyridine rings is 1. The maximum Gasteiger partial charge on any atom is 0.241 e. The highest BCUT2D eigenvalue weighted by atomic mass is 16.2. The van der Waals surface area contributed by atoms with E-state index in [1.54, 1.807) is 12.1 Å². The summed E-state index contributed by atoms with van der Waals surface area (Å²) in [6.07, 6.45) is 3.46. The molecule has 1 aliphatic rings. The fourth-order valence-electron chi connectivity index (χ4n) is 1.97. The monoisotopic (exact) mass is 234 g/mol. The molecule has 0 aliphatic carbocycles. The summed E-state index contributed by atoms with van der Waals surface area (Å²) in [7, 11) is 0. The topological polar surface area (TPSA) is 71.2 Å². The first-order chi connectivity index (χ1) is 8.25. The molecule has 2 heterocycles. The first-order valence-electron chi connectivity index (χ1n) is 6.00. The normalized spacial score (nSPS) is 15.6. The van der Waals surface area contributed by atoms with Gasteiger partial charge < -0.3 is 16.0 Å². The first-order valence-corrected chi connectivity index (χ1v) is 6.00. The average molecular weight is 234 g/mol. The van der Waals surface area contributed by atoms with Crippen LogP contribution in [0.2, 0.25) is 0 Å². The number of likely N-dealkylation sites (tertiary alicyclic amines) is 1. The van der Waals surface area contributed by atoms with Crippen molar-refractivity contribution in [3.63, 3.8) is 0 Å². The molecular formula is C12H18N4O. The molecular weight excluding hydrogens is 216 g/mol. The van der Waals surface area contributed by atoms with E-state index in [-0.39, 0.29) is 12.5 Å². The predicted molar refractivity (Wildman–Crippen MR) is 67.6 cm³/mol. The number of nitrogens with two attached hydrogens (primary N) is 1. The number of piperidine rings is 1. The van der Waals surface area contributed by atoms with Crippen LogP contribution in [0.15, 0.2) is 18.2 Å². The molecule has 0 spiro atoms. The lowest BCUT2D eigenvalue weighted by atomic mass is 10.1. The average Bonchev–Trinajstić information content (AvgIpc) is 2.37. The zero-order chi connectivity index (χ0) is 12.1. The molecule has 17 heavy (non-hydrogen) atoms. The maximum absolute atomic E-state index is 11.9. The van der Waals surface area contributed by atoms with Gasteiger partial charge in [0.05, 0.1) is 6.54 Å². The number of hydrogen-bond donors (Lipinski definition) is 2. The highest BCUT2D eigenvalue weighted by Gasteiger charge is 2.15. The molecule has 5 heteroatoms. The number of anilines is 2. The van der Waals surface area contributed by atoms with E-state index in [4.69, 9.17) is 5.73 Å². The van der Waals surface area contributed by atoms with E-state index in [2.05, 4.69) is 10.3 Å². The van der Waals surface area contributed by atoms with Crippen molar-refractivity contribution in [2.45, 2.75) is 19.3 Å². The summed E-state index contributed by atoms with van der Waals surface area (Å²) in [6.45, 7) is 2.05. The number of rotatable bonds is 3. The van der Waals surface area contributed by atoms with E-state index in [0.29, 0.717) is 11.6 Å². The lowest BCUT2D eigenvalue weighted by Crippen LogP contribution is -2.39. The predicted octanol–water partition coefficient (Wildman–Crippen LogP) is 1.09. The summed E-state index contributed by atoms with van der Waals surface area (Å²) in [5.41, 5.74) is 5.56. The minimum absolute atomic E-state index is 0.133. The number of aromatic nitrogens is 1. The fourth-order valence-corrected chi connectivity index (χ4v) is 1.97. The van der Waals surface area contributed by atoms with Gasteiger partial charge in [0.15, 0.2) is 0 Å². The smallest absolute Gasteiger partial charge is 0.241 e. The second-order valence-corrected chi connectivity index (χ2v) is 4.24. The van der Waals surface area contributed by atoms with Crippen LogP contribution in [0.5, 0.6) is 0 Å². The van der Waals surface area contributed by atoms with Gasteiger partial charge in [-0.3, -0.25) is 4.79 Å². The van der Waals surface area contributed by atoms with Crippen LogP contribution >= 0.6 is 0 Å². The maximum atomic E-state index is 11.9. The summed E-state index contributed by atoms with van der Waals surface area (Å²) < 4.78 is 0. The standard InChI is InChI=1S/C12H18N4O/c13-10-5-4-6-11(15-10)14-9-12(17)16-7-2-1-3-8-16/h4-6H,1-3,7-9H2,(H3,13,14,15). The number of amides is 1. The zero-order valence-electron chi connectivity index (χ0n) is 9.85. The second-order valence-electron chi connectivity index (χ2n) is 4.24. The summed E-state index contributed by atoms with van der Waals surface area (Å²) in [5, 5.41) is 3.00. The minimum Gasteiger partial charge on any atom is -0.384 e. The Hall–Kier alpha value is -1.78. The van der Waals surface area contributed by atoms with Gasteiger partial charge in [-0.05, 0) is 31.4 Å². The Balaban J connectivity index is 1.83. The molecule has 1 fully saturated rings. The van der Waals surface area contributed by atoms with Gasteiger partial charge in [0.2, 0.25) is 5.91 Å². The summed E-state index contributed by atoms with van der Waals surface area (Å²) in [5.74, 6) is 1.24. The summed E-state index contributed by atoms with van der Waals surface area (Å²) >= 11 is 0. The molecule has 5 nitrogen and oxygen atoms in total. The first kappa shape index (κ1) is 11.7. The largest absolute Gasteiger partial charge is 0.384 e. The molecule has 92 valence electrons. The molecule has 3 N–H and O–H groups in total. The van der Waals surface area contributed by atoms with E-state index in [0.717, 1.165) is 25.9 Å². The van der Waals surface area contributed by atoms with Crippen LogP contribution in [0.25, 0.3) is 0 Å².